The Morgan fingerprint density at radius 2 is 1.14 bits per heavy atom. The van der Waals surface area contributed by atoms with Crippen LogP contribution in [0.3, 0.4) is 0 Å². The first kappa shape index (κ1) is 27.3. The van der Waals surface area contributed by atoms with Crippen LogP contribution in [0.4, 0.5) is 5.69 Å². The molecule has 0 aliphatic rings. The Kier molecular flexibility index (Phi) is 9.17. The Morgan fingerprint density at radius 1 is 0.694 bits per heavy atom. The van der Waals surface area contributed by atoms with E-state index in [0.29, 0.717) is 0 Å². The molecule has 0 radical (unpaired) electrons. The van der Waals surface area contributed by atoms with Gasteiger partial charge in [0.15, 0.2) is 0 Å². The lowest BCUT2D eigenvalue weighted by Crippen LogP contribution is -2.48. The Bertz CT molecular complexity index is 1310. The zero-order valence-corrected chi connectivity index (χ0v) is 20.9. The summed E-state index contributed by atoms with van der Waals surface area (Å²) in [7, 11) is 0. The quantitative estimate of drug-likeness (QED) is 0.330. The molecule has 2 N–H and O–H groups in total. The van der Waals surface area contributed by atoms with Gasteiger partial charge < -0.3 is 19.9 Å². The summed E-state index contributed by atoms with van der Waals surface area (Å²) in [4.78, 5) is 50.7. The van der Waals surface area contributed by atoms with Gasteiger partial charge in [-0.2, -0.15) is 0 Å². The van der Waals surface area contributed by atoms with Gasteiger partial charge in [-0.1, -0.05) is 70.7 Å². The summed E-state index contributed by atoms with van der Waals surface area (Å²) in [6.07, 6.45) is -4.43. The first-order chi connectivity index (χ1) is 17.1. The molecule has 0 fully saturated rings. The van der Waals surface area contributed by atoms with Gasteiger partial charge in [0.25, 0.3) is 5.91 Å². The highest BCUT2D eigenvalue weighted by molar-refractivity contribution is 6.35. The number of benzene rings is 3. The molecule has 12 heteroatoms. The van der Waals surface area contributed by atoms with Crippen molar-refractivity contribution in [2.45, 2.75) is 12.2 Å². The average molecular weight is 571 g/mol. The molecular weight excluding hydrogens is 556 g/mol. The summed E-state index contributed by atoms with van der Waals surface area (Å²) in [5.74, 6) is -5.21. The molecule has 8 nitrogen and oxygen atoms in total. The third-order valence-corrected chi connectivity index (χ3v) is 5.66. The van der Waals surface area contributed by atoms with Crippen LogP contribution in [0.25, 0.3) is 0 Å². The standard InChI is InChI=1S/C24H15Cl4NO7/c25-12-9-13(26)11-14(10-12)29-21(30)19(35-23(33)15-5-1-3-7-17(15)27)20(22(31)32)36-24(34)16-6-2-4-8-18(16)28/h1-11,19-20H,(H,29,30)(H,31,32)/t19-,20-/m0/s1. The molecule has 0 aliphatic carbocycles. The van der Waals surface area contributed by atoms with Crippen molar-refractivity contribution in [1.82, 2.24) is 0 Å². The number of carbonyl (C=O) groups excluding carboxylic acids is 3. The minimum Gasteiger partial charge on any atom is -0.478 e. The van der Waals surface area contributed by atoms with Crippen LogP contribution in [0.5, 0.6) is 0 Å². The van der Waals surface area contributed by atoms with Gasteiger partial charge >= 0.3 is 17.9 Å². The van der Waals surface area contributed by atoms with Crippen molar-refractivity contribution in [3.63, 3.8) is 0 Å². The Hall–Kier alpha value is -3.30. The van der Waals surface area contributed by atoms with E-state index in [9.17, 15) is 24.3 Å². The molecule has 0 spiro atoms. The fourth-order valence-corrected chi connectivity index (χ4v) is 3.90. The van der Waals surface area contributed by atoms with Gasteiger partial charge in [0, 0.05) is 15.7 Å². The van der Waals surface area contributed by atoms with Crippen LogP contribution in [0.2, 0.25) is 20.1 Å². The van der Waals surface area contributed by atoms with Crippen molar-refractivity contribution in [1.29, 1.82) is 0 Å². The summed E-state index contributed by atoms with van der Waals surface area (Å²) in [6, 6.07) is 15.5. The van der Waals surface area contributed by atoms with Crippen molar-refractivity contribution < 1.29 is 33.8 Å². The van der Waals surface area contributed by atoms with E-state index in [1.165, 1.54) is 54.6 Å². The number of amides is 1. The monoisotopic (exact) mass is 569 g/mol. The third kappa shape index (κ3) is 6.89. The molecule has 0 saturated heterocycles. The number of rotatable bonds is 8. The van der Waals surface area contributed by atoms with E-state index in [0.717, 1.165) is 0 Å². The van der Waals surface area contributed by atoms with Crippen LogP contribution in [-0.4, -0.2) is 41.1 Å². The van der Waals surface area contributed by atoms with Crippen LogP contribution in [0.15, 0.2) is 66.7 Å². The molecule has 0 bridgehead atoms. The van der Waals surface area contributed by atoms with E-state index in [4.69, 9.17) is 55.9 Å². The first-order valence-corrected chi connectivity index (χ1v) is 11.5. The van der Waals surface area contributed by atoms with Gasteiger partial charge in [-0.25, -0.2) is 14.4 Å². The minimum atomic E-state index is -2.27. The van der Waals surface area contributed by atoms with Crippen molar-refractivity contribution >= 4 is 75.9 Å². The highest BCUT2D eigenvalue weighted by Crippen LogP contribution is 2.25. The smallest absolute Gasteiger partial charge is 0.349 e. The van der Waals surface area contributed by atoms with Gasteiger partial charge in [0.2, 0.25) is 12.2 Å². The van der Waals surface area contributed by atoms with Gasteiger partial charge in [0.05, 0.1) is 21.2 Å². The summed E-state index contributed by atoms with van der Waals surface area (Å²) < 4.78 is 10.3. The van der Waals surface area contributed by atoms with Crippen molar-refractivity contribution in [3.8, 4) is 0 Å². The molecule has 186 valence electrons. The first-order valence-electron chi connectivity index (χ1n) is 9.97. The Labute approximate surface area is 224 Å². The number of esters is 2. The van der Waals surface area contributed by atoms with Crippen LogP contribution in [-0.2, 0) is 19.1 Å². The lowest BCUT2D eigenvalue weighted by atomic mass is 10.1. The second-order valence-electron chi connectivity index (χ2n) is 7.10. The van der Waals surface area contributed by atoms with Crippen LogP contribution in [0, 0.1) is 0 Å². The molecule has 3 aromatic rings. The normalized spacial score (nSPS) is 12.2. The van der Waals surface area contributed by atoms with Gasteiger partial charge in [-0.3, -0.25) is 4.79 Å². The van der Waals surface area contributed by atoms with E-state index in [-0.39, 0.29) is 36.9 Å². The zero-order chi connectivity index (χ0) is 26.4. The summed E-state index contributed by atoms with van der Waals surface area (Å²) in [5.41, 5.74) is -0.245. The average Bonchev–Trinajstić information content (AvgIpc) is 2.80. The zero-order valence-electron chi connectivity index (χ0n) is 17.9. The SMILES string of the molecule is O=C(O[C@H](C(=O)O)[C@H](OC(=O)c1ccccc1Cl)C(=O)Nc1cc(Cl)cc(Cl)c1)c1ccccc1Cl. The summed E-state index contributed by atoms with van der Waals surface area (Å²) >= 11 is 23.9. The minimum absolute atomic E-state index is 0.0109. The van der Waals surface area contributed by atoms with Gasteiger partial charge in [-0.05, 0) is 42.5 Å². The Balaban J connectivity index is 1.96. The number of nitrogens with one attached hydrogen (secondary N) is 1. The molecule has 0 aliphatic heterocycles. The molecule has 0 heterocycles. The second-order valence-corrected chi connectivity index (χ2v) is 8.78. The van der Waals surface area contributed by atoms with E-state index in [1.54, 1.807) is 12.1 Å². The van der Waals surface area contributed by atoms with E-state index in [2.05, 4.69) is 5.32 Å². The van der Waals surface area contributed by atoms with Crippen molar-refractivity contribution in [2.24, 2.45) is 0 Å². The number of aliphatic carboxylic acids is 1. The second kappa shape index (κ2) is 12.1. The lowest BCUT2D eigenvalue weighted by Gasteiger charge is -2.24. The molecular formula is C24H15Cl4NO7. The van der Waals surface area contributed by atoms with Gasteiger partial charge in [-0.15, -0.1) is 0 Å². The number of hydrogen-bond donors (Lipinski definition) is 2. The predicted molar refractivity (Wildman–Crippen MR) is 134 cm³/mol. The molecule has 0 saturated carbocycles. The van der Waals surface area contributed by atoms with Crippen LogP contribution < -0.4 is 5.32 Å². The molecule has 0 unspecified atom stereocenters. The maximum Gasteiger partial charge on any atom is 0.349 e. The van der Waals surface area contributed by atoms with Crippen molar-refractivity contribution in [2.75, 3.05) is 5.32 Å². The maximum atomic E-state index is 13.1. The number of ether oxygens (including phenoxy) is 2. The number of carbonyl (C=O) groups is 4. The maximum absolute atomic E-state index is 13.1. The van der Waals surface area contributed by atoms with Gasteiger partial charge in [0.1, 0.15) is 0 Å². The third-order valence-electron chi connectivity index (χ3n) is 4.56. The molecule has 3 rings (SSSR count). The highest BCUT2D eigenvalue weighted by atomic mass is 35.5. The molecule has 0 aromatic heterocycles. The predicted octanol–water partition coefficient (Wildman–Crippen LogP) is 5.77. The summed E-state index contributed by atoms with van der Waals surface area (Å²) in [6.45, 7) is 0. The lowest BCUT2D eigenvalue weighted by molar-refractivity contribution is -0.157. The fraction of sp³-hybridized carbons (Fsp3) is 0.0833. The number of anilines is 1. The van der Waals surface area contributed by atoms with Crippen LogP contribution >= 0.6 is 46.4 Å². The van der Waals surface area contributed by atoms with E-state index in [1.807, 2.05) is 0 Å². The molecule has 36 heavy (non-hydrogen) atoms. The molecule has 1 amide bonds. The topological polar surface area (TPSA) is 119 Å². The number of halogens is 4. The van der Waals surface area contributed by atoms with Crippen LogP contribution in [0.1, 0.15) is 20.7 Å². The summed E-state index contributed by atoms with van der Waals surface area (Å²) in [5, 5.41) is 12.5. The van der Waals surface area contributed by atoms with Crippen molar-refractivity contribution in [3.05, 3.63) is 97.9 Å². The molecule has 2 atom stereocenters. The fourth-order valence-electron chi connectivity index (χ4n) is 2.94. The highest BCUT2D eigenvalue weighted by Gasteiger charge is 2.41. The number of carboxylic acids is 1. The number of hydrogen-bond acceptors (Lipinski definition) is 6. The Morgan fingerprint density at radius 3 is 1.58 bits per heavy atom. The van der Waals surface area contributed by atoms with E-state index >= 15 is 0 Å². The largest absolute Gasteiger partial charge is 0.478 e. The molecule has 3 aromatic carbocycles. The number of carboxylic acid groups (broad SMARTS) is 1. The van der Waals surface area contributed by atoms with E-state index < -0.39 is 36.0 Å².